The van der Waals surface area contributed by atoms with Crippen LogP contribution in [0.3, 0.4) is 0 Å². The summed E-state index contributed by atoms with van der Waals surface area (Å²) in [6, 6.07) is 31.5. The number of benzene rings is 4. The molecule has 0 spiro atoms. The molecule has 0 aliphatic rings. The van der Waals surface area contributed by atoms with E-state index in [-0.39, 0.29) is 17.4 Å². The van der Waals surface area contributed by atoms with E-state index < -0.39 is 10.0 Å². The lowest BCUT2D eigenvalue weighted by Crippen LogP contribution is -2.26. The van der Waals surface area contributed by atoms with Crippen molar-refractivity contribution in [1.82, 2.24) is 4.72 Å². The molecule has 0 unspecified atom stereocenters. The van der Waals surface area contributed by atoms with Gasteiger partial charge in [-0.2, -0.15) is 0 Å². The molecule has 0 saturated carbocycles. The number of ether oxygens (including phenoxy) is 1. The maximum absolute atomic E-state index is 13.4. The summed E-state index contributed by atoms with van der Waals surface area (Å²) in [5, 5.41) is 0. The van der Waals surface area contributed by atoms with Gasteiger partial charge in [0.1, 0.15) is 5.75 Å². The minimum absolute atomic E-state index is 0.134. The second kappa shape index (κ2) is 11.8. The van der Waals surface area contributed by atoms with E-state index in [0.717, 1.165) is 50.3 Å². The molecule has 4 rings (SSSR count). The van der Waals surface area contributed by atoms with Gasteiger partial charge >= 0.3 is 0 Å². The Hall–Kier alpha value is -3.67. The maximum Gasteiger partial charge on any atom is 0.240 e. The Morgan fingerprint density at radius 1 is 0.763 bits per heavy atom. The van der Waals surface area contributed by atoms with E-state index in [1.807, 2.05) is 55.5 Å². The molecule has 0 atom stereocenters. The normalized spacial score (nSPS) is 12.4. The van der Waals surface area contributed by atoms with Crippen LogP contribution in [0.25, 0.3) is 11.1 Å². The molecule has 4 aromatic carbocycles. The molecule has 4 nitrogen and oxygen atoms in total. The molecule has 0 radical (unpaired) electrons. The van der Waals surface area contributed by atoms with E-state index in [1.165, 1.54) is 0 Å². The van der Waals surface area contributed by atoms with Gasteiger partial charge in [-0.25, -0.2) is 13.1 Å². The van der Waals surface area contributed by atoms with Gasteiger partial charge in [0.05, 0.1) is 12.0 Å². The first-order chi connectivity index (χ1) is 18.2. The van der Waals surface area contributed by atoms with Crippen LogP contribution >= 0.6 is 0 Å². The fourth-order valence-electron chi connectivity index (χ4n) is 4.55. The van der Waals surface area contributed by atoms with Crippen molar-refractivity contribution < 1.29 is 13.2 Å². The van der Waals surface area contributed by atoms with Gasteiger partial charge in [-0.05, 0) is 77.4 Å². The second-order valence-corrected chi connectivity index (χ2v) is 11.6. The van der Waals surface area contributed by atoms with Gasteiger partial charge in [-0.1, -0.05) is 97.8 Å². The van der Waals surface area contributed by atoms with Crippen molar-refractivity contribution in [1.29, 1.82) is 0 Å². The van der Waals surface area contributed by atoms with Gasteiger partial charge < -0.3 is 4.74 Å². The quantitative estimate of drug-likeness (QED) is 0.232. The van der Waals surface area contributed by atoms with Crippen LogP contribution in [0, 0.1) is 13.8 Å². The molecule has 0 saturated heterocycles. The Balaban J connectivity index is 1.95. The summed E-state index contributed by atoms with van der Waals surface area (Å²) in [5.41, 5.74) is 8.26. The van der Waals surface area contributed by atoms with Crippen LogP contribution in [0.15, 0.2) is 102 Å². The zero-order valence-corrected chi connectivity index (χ0v) is 23.5. The fraction of sp³-hybridized carbons (Fsp3) is 0.212. The summed E-state index contributed by atoms with van der Waals surface area (Å²) >= 11 is 0. The maximum atomic E-state index is 13.4. The highest BCUT2D eigenvalue weighted by atomic mass is 32.2. The van der Waals surface area contributed by atoms with Gasteiger partial charge in [0.25, 0.3) is 0 Å². The third kappa shape index (κ3) is 6.24. The first-order valence-corrected chi connectivity index (χ1v) is 14.3. The molecule has 0 aromatic heterocycles. The fourth-order valence-corrected chi connectivity index (χ4v) is 5.55. The van der Waals surface area contributed by atoms with Crippen LogP contribution in [0.2, 0.25) is 0 Å². The molecule has 0 amide bonds. The van der Waals surface area contributed by atoms with Gasteiger partial charge in [0.15, 0.2) is 0 Å². The summed E-state index contributed by atoms with van der Waals surface area (Å²) in [7, 11) is -2.08. The highest BCUT2D eigenvalue weighted by Crippen LogP contribution is 2.36. The molecule has 5 heteroatoms. The highest BCUT2D eigenvalue weighted by Gasteiger charge is 2.21. The van der Waals surface area contributed by atoms with Crippen LogP contribution in [0.1, 0.15) is 53.1 Å². The van der Waals surface area contributed by atoms with Crippen molar-refractivity contribution in [3.05, 3.63) is 130 Å². The lowest BCUT2D eigenvalue weighted by molar-refractivity contribution is 0.415. The van der Waals surface area contributed by atoms with E-state index in [1.54, 1.807) is 19.2 Å². The minimum atomic E-state index is -3.73. The molecular formula is C33H35NO3S. The van der Waals surface area contributed by atoms with E-state index in [0.29, 0.717) is 0 Å². The third-order valence-electron chi connectivity index (χ3n) is 6.70. The third-order valence-corrected chi connectivity index (χ3v) is 8.12. The molecule has 1 N–H and O–H groups in total. The summed E-state index contributed by atoms with van der Waals surface area (Å²) < 4.78 is 35.1. The number of aryl methyl sites for hydroxylation is 2. The Morgan fingerprint density at radius 2 is 1.29 bits per heavy atom. The summed E-state index contributed by atoms with van der Waals surface area (Å²) in [4.78, 5) is 0.251. The van der Waals surface area contributed by atoms with E-state index in [2.05, 4.69) is 61.9 Å². The Kier molecular flexibility index (Phi) is 8.50. The monoisotopic (exact) mass is 525 g/mol. The molecular weight excluding hydrogens is 490 g/mol. The van der Waals surface area contributed by atoms with Crippen molar-refractivity contribution in [2.75, 3.05) is 13.7 Å². The second-order valence-electron chi connectivity index (χ2n) is 9.83. The molecule has 0 heterocycles. The highest BCUT2D eigenvalue weighted by molar-refractivity contribution is 7.89. The van der Waals surface area contributed by atoms with Crippen molar-refractivity contribution in [2.45, 2.75) is 38.5 Å². The van der Waals surface area contributed by atoms with Crippen molar-refractivity contribution in [3.63, 3.8) is 0 Å². The summed E-state index contributed by atoms with van der Waals surface area (Å²) in [5.74, 6) is 1.02. The molecule has 38 heavy (non-hydrogen) atoms. The number of hydrogen-bond acceptors (Lipinski definition) is 3. The first-order valence-electron chi connectivity index (χ1n) is 12.8. The average Bonchev–Trinajstić information content (AvgIpc) is 2.92. The summed E-state index contributed by atoms with van der Waals surface area (Å²) in [6.45, 7) is 8.45. The van der Waals surface area contributed by atoms with Crippen LogP contribution in [-0.2, 0) is 10.0 Å². The van der Waals surface area contributed by atoms with Gasteiger partial charge in [0, 0.05) is 6.54 Å². The molecule has 0 aliphatic heterocycles. The predicted molar refractivity (Wildman–Crippen MR) is 157 cm³/mol. The Morgan fingerprint density at radius 3 is 1.84 bits per heavy atom. The average molecular weight is 526 g/mol. The van der Waals surface area contributed by atoms with Gasteiger partial charge in [-0.3, -0.25) is 0 Å². The van der Waals surface area contributed by atoms with Gasteiger partial charge in [-0.15, -0.1) is 0 Å². The lowest BCUT2D eigenvalue weighted by atomic mass is 9.85. The van der Waals surface area contributed by atoms with Crippen molar-refractivity contribution >= 4 is 21.2 Å². The lowest BCUT2D eigenvalue weighted by Gasteiger charge is -2.22. The number of rotatable bonds is 9. The summed E-state index contributed by atoms with van der Waals surface area (Å²) in [6.07, 6.45) is 0. The molecule has 0 bridgehead atoms. The topological polar surface area (TPSA) is 55.4 Å². The smallest absolute Gasteiger partial charge is 0.240 e. The van der Waals surface area contributed by atoms with Crippen LogP contribution < -0.4 is 9.46 Å². The number of nitrogens with one attached hydrogen (secondary N) is 1. The standard InChI is InChI=1S/C33H35NO3S/c1-23(2)30-8-6-7-9-31(30)32(22-34-38(35,36)29-20-12-25(4)13-21-29)33(26-14-10-24(3)11-15-26)27-16-18-28(37-5)19-17-27/h6-21,23,34H,22H2,1-5H3/b33-32-. The molecule has 0 aliphatic carbocycles. The van der Waals surface area contributed by atoms with Crippen molar-refractivity contribution in [2.24, 2.45) is 0 Å². The van der Waals surface area contributed by atoms with E-state index in [4.69, 9.17) is 4.74 Å². The van der Waals surface area contributed by atoms with E-state index >= 15 is 0 Å². The molecule has 0 fully saturated rings. The molecule has 4 aromatic rings. The minimum Gasteiger partial charge on any atom is -0.497 e. The van der Waals surface area contributed by atoms with E-state index in [9.17, 15) is 8.42 Å². The zero-order valence-electron chi connectivity index (χ0n) is 22.7. The molecule has 196 valence electrons. The Labute approximate surface area is 227 Å². The predicted octanol–water partition coefficient (Wildman–Crippen LogP) is 7.37. The largest absolute Gasteiger partial charge is 0.497 e. The SMILES string of the molecule is COc1ccc(/C(=C(/CNS(=O)(=O)c2ccc(C)cc2)c2ccccc2C(C)C)c2ccc(C)cc2)cc1. The Bertz CT molecular complexity index is 1520. The number of methoxy groups -OCH3 is 1. The number of sulfonamides is 1. The van der Waals surface area contributed by atoms with Crippen molar-refractivity contribution in [3.8, 4) is 5.75 Å². The van der Waals surface area contributed by atoms with Gasteiger partial charge in [0.2, 0.25) is 10.0 Å². The zero-order chi connectivity index (χ0) is 27.3. The first kappa shape index (κ1) is 27.4. The van der Waals surface area contributed by atoms with Crippen LogP contribution in [0.5, 0.6) is 5.75 Å². The van der Waals surface area contributed by atoms with Crippen LogP contribution in [0.4, 0.5) is 0 Å². The van der Waals surface area contributed by atoms with Crippen LogP contribution in [-0.4, -0.2) is 22.1 Å². The number of hydrogen-bond donors (Lipinski definition) is 1.